The summed E-state index contributed by atoms with van der Waals surface area (Å²) >= 11 is 0. The first kappa shape index (κ1) is 21.5. The van der Waals surface area contributed by atoms with Crippen LogP contribution in [0, 0.1) is 20.8 Å². The Morgan fingerprint density at radius 3 is 2.67 bits per heavy atom. The number of nitrogens with zero attached hydrogens (tertiary/aromatic N) is 2. The van der Waals surface area contributed by atoms with Crippen molar-refractivity contribution in [3.8, 4) is 0 Å². The van der Waals surface area contributed by atoms with Crippen molar-refractivity contribution in [2.45, 2.75) is 59.0 Å². The van der Waals surface area contributed by atoms with Crippen LogP contribution in [0.2, 0.25) is 0 Å². The fraction of sp³-hybridized carbons (Fsp3) is 0.524. The molecule has 6 heteroatoms. The van der Waals surface area contributed by atoms with Crippen molar-refractivity contribution in [2.24, 2.45) is 0 Å². The van der Waals surface area contributed by atoms with Crippen molar-refractivity contribution >= 4 is 18.3 Å². The van der Waals surface area contributed by atoms with Gasteiger partial charge in [-0.1, -0.05) is 29.8 Å². The van der Waals surface area contributed by atoms with Gasteiger partial charge < -0.3 is 10.6 Å². The van der Waals surface area contributed by atoms with Crippen LogP contribution in [0.5, 0.6) is 0 Å². The van der Waals surface area contributed by atoms with Crippen molar-refractivity contribution in [2.75, 3.05) is 13.1 Å². The van der Waals surface area contributed by atoms with E-state index < -0.39 is 0 Å². The maximum atomic E-state index is 12.3. The van der Waals surface area contributed by atoms with Gasteiger partial charge in [-0.05, 0) is 57.7 Å². The Hall–Kier alpha value is -1.85. The van der Waals surface area contributed by atoms with E-state index in [1.165, 1.54) is 16.7 Å². The lowest BCUT2D eigenvalue weighted by atomic mass is 10.1. The molecule has 0 bridgehead atoms. The highest BCUT2D eigenvalue weighted by molar-refractivity contribution is 5.85. The monoisotopic (exact) mass is 390 g/mol. The summed E-state index contributed by atoms with van der Waals surface area (Å²) in [5.74, 6) is 0.142. The molecule has 1 aliphatic rings. The molecular formula is C21H31ClN4O. The van der Waals surface area contributed by atoms with E-state index >= 15 is 0 Å². The molecule has 0 radical (unpaired) electrons. The number of piperidine rings is 1. The Kier molecular flexibility index (Phi) is 7.87. The lowest BCUT2D eigenvalue weighted by Gasteiger charge is -2.23. The number of hydrogen-bond acceptors (Lipinski definition) is 3. The normalized spacial score (nSPS) is 16.6. The summed E-state index contributed by atoms with van der Waals surface area (Å²) in [6.45, 7) is 8.96. The lowest BCUT2D eigenvalue weighted by molar-refractivity contribution is -0.121. The quantitative estimate of drug-likeness (QED) is 0.796. The van der Waals surface area contributed by atoms with E-state index in [2.05, 4.69) is 53.4 Å². The van der Waals surface area contributed by atoms with Gasteiger partial charge in [0.1, 0.15) is 0 Å². The first-order valence-electron chi connectivity index (χ1n) is 9.61. The Balaban J connectivity index is 0.00000261. The first-order chi connectivity index (χ1) is 12.5. The zero-order chi connectivity index (χ0) is 18.5. The molecule has 0 aliphatic carbocycles. The number of halogens is 1. The zero-order valence-corrected chi connectivity index (χ0v) is 17.4. The van der Waals surface area contributed by atoms with Gasteiger partial charge in [0.2, 0.25) is 5.91 Å². The largest absolute Gasteiger partial charge is 0.352 e. The maximum absolute atomic E-state index is 12.3. The summed E-state index contributed by atoms with van der Waals surface area (Å²) in [6, 6.07) is 8.84. The maximum Gasteiger partial charge on any atom is 0.220 e. The number of carbonyl (C=O) groups excluding carboxylic acids is 1. The second-order valence-corrected chi connectivity index (χ2v) is 7.40. The van der Waals surface area contributed by atoms with Gasteiger partial charge in [-0.2, -0.15) is 5.10 Å². The van der Waals surface area contributed by atoms with E-state index in [-0.39, 0.29) is 24.4 Å². The van der Waals surface area contributed by atoms with Crippen LogP contribution in [-0.2, 0) is 17.8 Å². The van der Waals surface area contributed by atoms with Crippen LogP contribution < -0.4 is 10.6 Å². The second-order valence-electron chi connectivity index (χ2n) is 7.40. The number of amides is 1. The molecule has 1 aliphatic heterocycles. The Morgan fingerprint density at radius 1 is 1.26 bits per heavy atom. The molecule has 27 heavy (non-hydrogen) atoms. The molecule has 148 valence electrons. The minimum absolute atomic E-state index is 0. The molecule has 5 nitrogen and oxygen atoms in total. The average Bonchev–Trinajstić information content (AvgIpc) is 2.89. The van der Waals surface area contributed by atoms with Crippen LogP contribution in [0.15, 0.2) is 24.3 Å². The molecule has 2 heterocycles. The third-order valence-electron chi connectivity index (χ3n) is 5.25. The Morgan fingerprint density at radius 2 is 2.00 bits per heavy atom. The Bertz CT molecular complexity index is 748. The number of nitrogens with one attached hydrogen (secondary N) is 2. The first-order valence-corrected chi connectivity index (χ1v) is 9.61. The molecule has 1 unspecified atom stereocenters. The summed E-state index contributed by atoms with van der Waals surface area (Å²) in [7, 11) is 0. The Labute approximate surface area is 168 Å². The van der Waals surface area contributed by atoms with Crippen LogP contribution in [0.3, 0.4) is 0 Å². The van der Waals surface area contributed by atoms with E-state index in [0.717, 1.165) is 50.3 Å². The van der Waals surface area contributed by atoms with Crippen LogP contribution in [0.4, 0.5) is 0 Å². The predicted molar refractivity (Wildman–Crippen MR) is 112 cm³/mol. The molecule has 0 saturated carbocycles. The van der Waals surface area contributed by atoms with Crippen LogP contribution >= 0.6 is 12.4 Å². The number of aryl methyl sites for hydroxylation is 2. The summed E-state index contributed by atoms with van der Waals surface area (Å²) in [5, 5.41) is 11.2. The standard InChI is InChI=1S/C21H30N4O.ClH/c1-15-6-8-18(9-7-15)14-25-17(3)20(16(2)24-25)10-11-21(26)23-19-5-4-12-22-13-19;/h6-9,19,22H,4-5,10-14H2,1-3H3,(H,23,26);1H. The van der Waals surface area contributed by atoms with Gasteiger partial charge in [-0.15, -0.1) is 12.4 Å². The molecule has 2 N–H and O–H groups in total. The molecule has 1 atom stereocenters. The van der Waals surface area contributed by atoms with Gasteiger partial charge in [-0.3, -0.25) is 9.48 Å². The van der Waals surface area contributed by atoms with Gasteiger partial charge in [0, 0.05) is 24.7 Å². The topological polar surface area (TPSA) is 59.0 Å². The second kappa shape index (κ2) is 9.90. The smallest absolute Gasteiger partial charge is 0.220 e. The molecule has 2 aromatic rings. The van der Waals surface area contributed by atoms with Gasteiger partial charge >= 0.3 is 0 Å². The van der Waals surface area contributed by atoms with Gasteiger partial charge in [0.05, 0.1) is 12.2 Å². The highest BCUT2D eigenvalue weighted by Gasteiger charge is 2.17. The number of benzene rings is 1. The summed E-state index contributed by atoms with van der Waals surface area (Å²) in [4.78, 5) is 12.3. The molecule has 1 aromatic carbocycles. The van der Waals surface area contributed by atoms with Gasteiger partial charge in [-0.25, -0.2) is 0 Å². The molecule has 1 saturated heterocycles. The average molecular weight is 391 g/mol. The van der Waals surface area contributed by atoms with Gasteiger partial charge in [0.25, 0.3) is 0 Å². The number of aromatic nitrogens is 2. The van der Waals surface area contributed by atoms with Crippen LogP contribution in [0.25, 0.3) is 0 Å². The molecule has 1 amide bonds. The zero-order valence-electron chi connectivity index (χ0n) is 16.5. The van der Waals surface area contributed by atoms with E-state index in [9.17, 15) is 4.79 Å². The molecule has 0 spiro atoms. The van der Waals surface area contributed by atoms with Gasteiger partial charge in [0.15, 0.2) is 0 Å². The number of carbonyl (C=O) groups is 1. The van der Waals surface area contributed by atoms with Crippen molar-refractivity contribution in [3.05, 3.63) is 52.3 Å². The fourth-order valence-corrected chi connectivity index (χ4v) is 3.63. The van der Waals surface area contributed by atoms with E-state index in [0.29, 0.717) is 6.42 Å². The summed E-state index contributed by atoms with van der Waals surface area (Å²) < 4.78 is 2.05. The number of hydrogen-bond donors (Lipinski definition) is 2. The lowest BCUT2D eigenvalue weighted by Crippen LogP contribution is -2.45. The minimum atomic E-state index is 0. The van der Waals surface area contributed by atoms with Crippen molar-refractivity contribution in [1.29, 1.82) is 0 Å². The predicted octanol–water partition coefficient (Wildman–Crippen LogP) is 3.08. The van der Waals surface area contributed by atoms with Crippen LogP contribution in [0.1, 0.15) is 47.3 Å². The van der Waals surface area contributed by atoms with E-state index in [4.69, 9.17) is 5.10 Å². The summed E-state index contributed by atoms with van der Waals surface area (Å²) in [6.07, 6.45) is 3.48. The van der Waals surface area contributed by atoms with Crippen molar-refractivity contribution < 1.29 is 4.79 Å². The van der Waals surface area contributed by atoms with E-state index in [1.54, 1.807) is 0 Å². The van der Waals surface area contributed by atoms with E-state index in [1.807, 2.05) is 6.92 Å². The summed E-state index contributed by atoms with van der Waals surface area (Å²) in [5.41, 5.74) is 5.91. The molecule has 1 aromatic heterocycles. The highest BCUT2D eigenvalue weighted by Crippen LogP contribution is 2.17. The fourth-order valence-electron chi connectivity index (χ4n) is 3.63. The molecular weight excluding hydrogens is 360 g/mol. The number of rotatable bonds is 6. The SMILES string of the molecule is Cc1ccc(Cn2nc(C)c(CCC(=O)NC3CCCNC3)c2C)cc1.Cl. The molecule has 1 fully saturated rings. The third-order valence-corrected chi connectivity index (χ3v) is 5.25. The van der Waals surface area contributed by atoms with Crippen LogP contribution in [-0.4, -0.2) is 34.8 Å². The highest BCUT2D eigenvalue weighted by atomic mass is 35.5. The molecule has 3 rings (SSSR count). The van der Waals surface area contributed by atoms with Crippen molar-refractivity contribution in [3.63, 3.8) is 0 Å². The van der Waals surface area contributed by atoms with Crippen molar-refractivity contribution in [1.82, 2.24) is 20.4 Å². The third kappa shape index (κ3) is 5.81. The minimum Gasteiger partial charge on any atom is -0.352 e.